The van der Waals surface area contributed by atoms with Crippen LogP contribution in [-0.4, -0.2) is 0 Å². The SMILES string of the molecule is c1[pH]ppc1C1CCCCC1. The molecule has 0 saturated heterocycles. The Bertz CT molecular complexity index is 199. The number of hydrogen-bond acceptors (Lipinski definition) is 0. The molecule has 1 heterocycles. The minimum Gasteiger partial charge on any atom is -0.105 e. The van der Waals surface area contributed by atoms with Crippen LogP contribution in [0, 0.1) is 0 Å². The first kappa shape index (κ1) is 8.25. The van der Waals surface area contributed by atoms with Gasteiger partial charge in [0.25, 0.3) is 0 Å². The summed E-state index contributed by atoms with van der Waals surface area (Å²) in [4.78, 5) is 0. The first-order valence-corrected chi connectivity index (χ1v) is 8.74. The van der Waals surface area contributed by atoms with Gasteiger partial charge >= 0.3 is 0 Å². The van der Waals surface area contributed by atoms with Crippen molar-refractivity contribution in [3.05, 3.63) is 11.1 Å². The fourth-order valence-electron chi connectivity index (χ4n) is 1.81. The average Bonchev–Trinajstić information content (AvgIpc) is 2.58. The van der Waals surface area contributed by atoms with Crippen molar-refractivity contribution in [2.45, 2.75) is 38.0 Å². The third-order valence-electron chi connectivity index (χ3n) is 2.46. The summed E-state index contributed by atoms with van der Waals surface area (Å²) in [6.07, 6.45) is 7.42. The summed E-state index contributed by atoms with van der Waals surface area (Å²) in [7, 11) is 4.40. The maximum Gasteiger partial charge on any atom is -0.00865 e. The van der Waals surface area contributed by atoms with Crippen molar-refractivity contribution >= 4 is 23.3 Å². The predicted molar refractivity (Wildman–Crippen MR) is 56.8 cm³/mol. The third-order valence-corrected chi connectivity index (χ3v) is 7.75. The topological polar surface area (TPSA) is 0 Å². The Hall–Kier alpha value is 0.640. The second kappa shape index (κ2) is 4.04. The predicted octanol–water partition coefficient (Wildman–Crippen LogP) is 4.93. The van der Waals surface area contributed by atoms with Crippen LogP contribution in [0.25, 0.3) is 0 Å². The van der Waals surface area contributed by atoms with E-state index in [1.54, 1.807) is 20.7 Å². The van der Waals surface area contributed by atoms with Gasteiger partial charge < -0.3 is 0 Å². The van der Waals surface area contributed by atoms with Crippen molar-refractivity contribution in [3.8, 4) is 0 Å². The van der Waals surface area contributed by atoms with Crippen molar-refractivity contribution in [3.63, 3.8) is 0 Å². The lowest BCUT2D eigenvalue weighted by molar-refractivity contribution is 0.449. The highest BCUT2D eigenvalue weighted by atomic mass is 32.1. The highest BCUT2D eigenvalue weighted by Crippen LogP contribution is 2.45. The van der Waals surface area contributed by atoms with Gasteiger partial charge in [-0.25, -0.2) is 0 Å². The van der Waals surface area contributed by atoms with Gasteiger partial charge in [0.2, 0.25) is 0 Å². The monoisotopic (exact) mass is 202 g/mol. The molecule has 60 valence electrons. The van der Waals surface area contributed by atoms with Crippen LogP contribution in [0.5, 0.6) is 0 Å². The maximum absolute atomic E-state index is 2.51. The van der Waals surface area contributed by atoms with E-state index in [1.807, 2.05) is 0 Å². The van der Waals surface area contributed by atoms with E-state index in [2.05, 4.69) is 5.80 Å². The molecule has 3 heteroatoms. The van der Waals surface area contributed by atoms with E-state index in [0.717, 1.165) is 13.8 Å². The molecule has 0 aromatic carbocycles. The van der Waals surface area contributed by atoms with Gasteiger partial charge in [0.05, 0.1) is 0 Å². The fraction of sp³-hybridized carbons (Fsp3) is 0.750. The quantitative estimate of drug-likeness (QED) is 0.605. The second-order valence-electron chi connectivity index (χ2n) is 3.23. The molecule has 1 saturated carbocycles. The van der Waals surface area contributed by atoms with Gasteiger partial charge in [-0.1, -0.05) is 19.3 Å². The van der Waals surface area contributed by atoms with E-state index in [-0.39, 0.29) is 0 Å². The van der Waals surface area contributed by atoms with Crippen LogP contribution in [0.1, 0.15) is 43.3 Å². The Morgan fingerprint density at radius 1 is 1.27 bits per heavy atom. The molecular formula is C8H13P3. The van der Waals surface area contributed by atoms with Gasteiger partial charge in [0.1, 0.15) is 0 Å². The molecule has 1 fully saturated rings. The molecule has 2 rings (SSSR count). The first-order chi connectivity index (χ1) is 5.47. The van der Waals surface area contributed by atoms with Crippen molar-refractivity contribution in [1.29, 1.82) is 0 Å². The van der Waals surface area contributed by atoms with Gasteiger partial charge in [-0.05, 0) is 45.3 Å². The molecule has 0 nitrogen and oxygen atoms in total. The van der Waals surface area contributed by atoms with E-state index in [4.69, 9.17) is 0 Å². The standard InChI is InChI=1S/C8H13P3/c1-2-4-7(5-3-1)8-6-9-11-10-8/h6-7,9H,1-5H2. The Kier molecular flexibility index (Phi) is 3.03. The Morgan fingerprint density at radius 3 is 2.73 bits per heavy atom. The highest BCUT2D eigenvalue weighted by Gasteiger charge is 2.15. The minimum absolute atomic E-state index is 0.993. The molecule has 0 amide bonds. The van der Waals surface area contributed by atoms with E-state index in [9.17, 15) is 0 Å². The summed E-state index contributed by atoms with van der Waals surface area (Å²) in [6, 6.07) is 0. The summed E-state index contributed by atoms with van der Waals surface area (Å²) in [5.41, 5.74) is 0. The van der Waals surface area contributed by atoms with Crippen LogP contribution in [0.2, 0.25) is 0 Å². The summed E-state index contributed by atoms with van der Waals surface area (Å²) in [6.45, 7) is 0. The lowest BCUT2D eigenvalue weighted by Crippen LogP contribution is -2.01. The lowest BCUT2D eigenvalue weighted by Gasteiger charge is -2.19. The fourth-order valence-corrected chi connectivity index (χ4v) is 7.76. The van der Waals surface area contributed by atoms with E-state index in [1.165, 1.54) is 32.1 Å². The van der Waals surface area contributed by atoms with Crippen molar-refractivity contribution in [2.75, 3.05) is 0 Å². The van der Waals surface area contributed by atoms with Crippen molar-refractivity contribution in [2.24, 2.45) is 0 Å². The molecule has 0 radical (unpaired) electrons. The van der Waals surface area contributed by atoms with Crippen LogP contribution in [-0.2, 0) is 0 Å². The largest absolute Gasteiger partial charge is 0.105 e. The van der Waals surface area contributed by atoms with Gasteiger partial charge in [-0.15, -0.1) is 7.87 Å². The molecule has 1 aromatic rings. The zero-order chi connectivity index (χ0) is 7.52. The first-order valence-electron chi connectivity index (χ1n) is 4.33. The van der Waals surface area contributed by atoms with Gasteiger partial charge in [0, 0.05) is 0 Å². The van der Waals surface area contributed by atoms with Crippen LogP contribution in [0.3, 0.4) is 0 Å². The van der Waals surface area contributed by atoms with E-state index < -0.39 is 0 Å². The summed E-state index contributed by atoms with van der Waals surface area (Å²) in [5.74, 6) is 3.51. The molecule has 1 aliphatic rings. The number of hydrogen-bond donors (Lipinski definition) is 0. The zero-order valence-corrected chi connectivity index (χ0v) is 9.37. The molecule has 0 N–H and O–H groups in total. The van der Waals surface area contributed by atoms with Gasteiger partial charge in [-0.2, -0.15) is 0 Å². The Labute approximate surface area is 72.9 Å². The molecule has 1 aliphatic carbocycles. The second-order valence-corrected chi connectivity index (χ2v) is 8.47. The normalized spacial score (nSPS) is 22.5. The van der Waals surface area contributed by atoms with Gasteiger partial charge in [-0.3, -0.25) is 0 Å². The zero-order valence-electron chi connectivity index (χ0n) is 6.58. The summed E-state index contributed by atoms with van der Waals surface area (Å²) in [5, 5.41) is 1.78. The molecule has 11 heavy (non-hydrogen) atoms. The number of rotatable bonds is 1. The van der Waals surface area contributed by atoms with Gasteiger partial charge in [0.15, 0.2) is 0 Å². The average molecular weight is 202 g/mol. The Morgan fingerprint density at radius 2 is 2.09 bits per heavy atom. The summed E-state index contributed by atoms with van der Waals surface area (Å²) < 4.78 is 0. The molecular weight excluding hydrogens is 189 g/mol. The highest BCUT2D eigenvalue weighted by molar-refractivity contribution is 8.17. The molecule has 0 aliphatic heterocycles. The third kappa shape index (κ3) is 2.06. The minimum atomic E-state index is 0.993. The molecule has 0 spiro atoms. The van der Waals surface area contributed by atoms with Crippen LogP contribution >= 0.6 is 23.3 Å². The Balaban J connectivity index is 2.04. The maximum atomic E-state index is 2.51. The lowest BCUT2D eigenvalue weighted by atomic mass is 9.89. The van der Waals surface area contributed by atoms with Crippen LogP contribution in [0.4, 0.5) is 0 Å². The molecule has 1 unspecified atom stereocenters. The molecule has 1 atom stereocenters. The van der Waals surface area contributed by atoms with Crippen molar-refractivity contribution in [1.82, 2.24) is 0 Å². The summed E-state index contributed by atoms with van der Waals surface area (Å²) >= 11 is 0. The van der Waals surface area contributed by atoms with Crippen LogP contribution < -0.4 is 0 Å². The van der Waals surface area contributed by atoms with Crippen LogP contribution in [0.15, 0.2) is 5.80 Å². The van der Waals surface area contributed by atoms with E-state index in [0.29, 0.717) is 0 Å². The van der Waals surface area contributed by atoms with Crippen molar-refractivity contribution < 1.29 is 0 Å². The molecule has 0 bridgehead atoms. The smallest absolute Gasteiger partial charge is 0.00865 e. The van der Waals surface area contributed by atoms with E-state index >= 15 is 0 Å². The molecule has 1 aromatic heterocycles.